The van der Waals surface area contributed by atoms with Crippen molar-refractivity contribution < 1.29 is 4.74 Å². The van der Waals surface area contributed by atoms with Crippen LogP contribution in [-0.2, 0) is 13.1 Å². The third kappa shape index (κ3) is 6.44. The molecule has 31 heavy (non-hydrogen) atoms. The van der Waals surface area contributed by atoms with Crippen molar-refractivity contribution in [2.24, 2.45) is 4.99 Å². The molecule has 0 spiro atoms. The number of nitrogens with one attached hydrogen (secondary N) is 2. The number of piperidine rings is 1. The van der Waals surface area contributed by atoms with E-state index >= 15 is 0 Å². The van der Waals surface area contributed by atoms with Gasteiger partial charge < -0.3 is 15.4 Å². The normalized spacial score (nSPS) is 18.4. The van der Waals surface area contributed by atoms with Crippen molar-refractivity contribution in [2.75, 3.05) is 19.6 Å². The highest BCUT2D eigenvalue weighted by Crippen LogP contribution is 2.28. The summed E-state index contributed by atoms with van der Waals surface area (Å²) in [6.45, 7) is 6.67. The Balaban J connectivity index is 1.30. The number of ether oxygens (including phenoxy) is 1. The number of pyridine rings is 1. The maximum absolute atomic E-state index is 6.16. The molecule has 4 rings (SSSR count). The van der Waals surface area contributed by atoms with Gasteiger partial charge in [-0.2, -0.15) is 0 Å². The lowest BCUT2D eigenvalue weighted by Crippen LogP contribution is -2.48. The van der Waals surface area contributed by atoms with E-state index in [1.54, 1.807) is 0 Å². The maximum atomic E-state index is 6.16. The van der Waals surface area contributed by atoms with Gasteiger partial charge >= 0.3 is 0 Å². The van der Waals surface area contributed by atoms with Gasteiger partial charge in [-0.25, -0.2) is 4.99 Å². The number of nitrogens with zero attached hydrogens (tertiary/aromatic N) is 3. The fraction of sp³-hybridized carbons (Fsp3) is 0.520. The first-order valence-corrected chi connectivity index (χ1v) is 11.7. The molecule has 1 aromatic heterocycles. The van der Waals surface area contributed by atoms with Crippen molar-refractivity contribution in [3.8, 4) is 5.75 Å². The number of para-hydroxylation sites is 1. The van der Waals surface area contributed by atoms with Crippen molar-refractivity contribution in [1.82, 2.24) is 20.5 Å². The molecule has 2 heterocycles. The number of likely N-dealkylation sites (tertiary alicyclic amines) is 1. The fourth-order valence-electron chi connectivity index (χ4n) is 4.05. The number of hydrogen-bond acceptors (Lipinski definition) is 4. The van der Waals surface area contributed by atoms with Crippen LogP contribution < -0.4 is 15.4 Å². The Kier molecular flexibility index (Phi) is 7.77. The number of aromatic nitrogens is 1. The number of guanidine groups is 1. The zero-order valence-electron chi connectivity index (χ0n) is 18.6. The molecule has 0 atom stereocenters. The number of rotatable bonds is 8. The molecule has 166 valence electrons. The Hall–Kier alpha value is -2.60. The lowest BCUT2D eigenvalue weighted by molar-refractivity contribution is 0.119. The summed E-state index contributed by atoms with van der Waals surface area (Å²) < 4.78 is 6.16. The van der Waals surface area contributed by atoms with Crippen LogP contribution in [0.3, 0.4) is 0 Å². The molecule has 1 aliphatic heterocycles. The van der Waals surface area contributed by atoms with E-state index in [4.69, 9.17) is 9.73 Å². The van der Waals surface area contributed by atoms with Crippen molar-refractivity contribution in [3.63, 3.8) is 0 Å². The van der Waals surface area contributed by atoms with Gasteiger partial charge in [-0.1, -0.05) is 24.3 Å². The van der Waals surface area contributed by atoms with Crippen LogP contribution in [0.4, 0.5) is 0 Å². The molecule has 0 amide bonds. The standard InChI is InChI=1S/C25H35N5O/c1-2-26-25(28-18-20-8-3-4-12-24(20)31-23-10-7-11-23)29-21-13-16-30(17-14-21)19-22-9-5-6-15-27-22/h3-6,8-9,12,15,21,23H,2,7,10-11,13-14,16-19H2,1H3,(H2,26,28,29). The molecule has 6 heteroatoms. The van der Waals surface area contributed by atoms with Crippen LogP contribution in [0.2, 0.25) is 0 Å². The highest BCUT2D eigenvalue weighted by atomic mass is 16.5. The van der Waals surface area contributed by atoms with Gasteiger partial charge in [0.1, 0.15) is 5.75 Å². The molecule has 1 aromatic carbocycles. The van der Waals surface area contributed by atoms with E-state index in [0.717, 1.165) is 62.0 Å². The van der Waals surface area contributed by atoms with Crippen molar-refractivity contribution >= 4 is 5.96 Å². The van der Waals surface area contributed by atoms with Crippen molar-refractivity contribution in [2.45, 2.75) is 64.3 Å². The van der Waals surface area contributed by atoms with Gasteiger partial charge in [-0.05, 0) is 57.2 Å². The smallest absolute Gasteiger partial charge is 0.191 e. The summed E-state index contributed by atoms with van der Waals surface area (Å²) in [4.78, 5) is 11.8. The van der Waals surface area contributed by atoms with Gasteiger partial charge in [0.15, 0.2) is 5.96 Å². The lowest BCUT2D eigenvalue weighted by Gasteiger charge is -2.32. The molecule has 6 nitrogen and oxygen atoms in total. The molecular formula is C25H35N5O. The Labute approximate surface area is 186 Å². The minimum absolute atomic E-state index is 0.382. The van der Waals surface area contributed by atoms with Gasteiger partial charge in [0, 0.05) is 44.0 Å². The van der Waals surface area contributed by atoms with Crippen LogP contribution in [0, 0.1) is 0 Å². The highest BCUT2D eigenvalue weighted by molar-refractivity contribution is 5.80. The lowest BCUT2D eigenvalue weighted by atomic mass is 9.96. The number of hydrogen-bond donors (Lipinski definition) is 2. The van der Waals surface area contributed by atoms with E-state index < -0.39 is 0 Å². The predicted molar refractivity (Wildman–Crippen MR) is 125 cm³/mol. The first-order valence-electron chi connectivity index (χ1n) is 11.7. The SMILES string of the molecule is CCNC(=NCc1ccccc1OC1CCC1)NC1CCN(Cc2ccccn2)CC1. The quantitative estimate of drug-likeness (QED) is 0.502. The Morgan fingerprint density at radius 3 is 2.61 bits per heavy atom. The Morgan fingerprint density at radius 1 is 1.10 bits per heavy atom. The average Bonchev–Trinajstić information content (AvgIpc) is 2.77. The third-order valence-corrected chi connectivity index (χ3v) is 6.11. The predicted octanol–water partition coefficient (Wildman–Crippen LogP) is 3.73. The van der Waals surface area contributed by atoms with Gasteiger partial charge in [0.05, 0.1) is 18.3 Å². The molecule has 2 fully saturated rings. The first-order chi connectivity index (χ1) is 15.3. The molecule has 0 radical (unpaired) electrons. The fourth-order valence-corrected chi connectivity index (χ4v) is 4.05. The zero-order valence-corrected chi connectivity index (χ0v) is 18.6. The van der Waals surface area contributed by atoms with Gasteiger partial charge in [-0.3, -0.25) is 9.88 Å². The van der Waals surface area contributed by atoms with E-state index in [0.29, 0.717) is 18.7 Å². The van der Waals surface area contributed by atoms with E-state index in [1.807, 2.05) is 18.3 Å². The first kappa shape index (κ1) is 21.6. The topological polar surface area (TPSA) is 61.8 Å². The molecule has 1 saturated carbocycles. The van der Waals surface area contributed by atoms with E-state index in [-0.39, 0.29) is 0 Å². The molecule has 0 bridgehead atoms. The molecule has 1 aliphatic carbocycles. The molecule has 2 aliphatic rings. The van der Waals surface area contributed by atoms with Gasteiger partial charge in [-0.15, -0.1) is 0 Å². The molecule has 0 unspecified atom stereocenters. The third-order valence-electron chi connectivity index (χ3n) is 6.11. The van der Waals surface area contributed by atoms with Gasteiger partial charge in [0.2, 0.25) is 0 Å². The summed E-state index contributed by atoms with van der Waals surface area (Å²) in [6, 6.07) is 14.9. The van der Waals surface area contributed by atoms with E-state index in [9.17, 15) is 0 Å². The summed E-state index contributed by atoms with van der Waals surface area (Å²) in [5, 5.41) is 7.06. The van der Waals surface area contributed by atoms with Crippen LogP contribution >= 0.6 is 0 Å². The van der Waals surface area contributed by atoms with Crippen LogP contribution in [0.1, 0.15) is 50.3 Å². The number of benzene rings is 1. The van der Waals surface area contributed by atoms with Crippen LogP contribution in [-0.4, -0.2) is 47.6 Å². The second kappa shape index (κ2) is 11.1. The van der Waals surface area contributed by atoms with Gasteiger partial charge in [0.25, 0.3) is 0 Å². The van der Waals surface area contributed by atoms with Crippen molar-refractivity contribution in [3.05, 3.63) is 59.9 Å². The van der Waals surface area contributed by atoms with Crippen LogP contribution in [0.15, 0.2) is 53.7 Å². The summed E-state index contributed by atoms with van der Waals surface area (Å²) in [7, 11) is 0. The second-order valence-corrected chi connectivity index (χ2v) is 8.49. The minimum atomic E-state index is 0.382. The largest absolute Gasteiger partial charge is 0.490 e. The second-order valence-electron chi connectivity index (χ2n) is 8.49. The van der Waals surface area contributed by atoms with E-state index in [1.165, 1.54) is 19.3 Å². The van der Waals surface area contributed by atoms with Crippen molar-refractivity contribution in [1.29, 1.82) is 0 Å². The zero-order chi connectivity index (χ0) is 21.3. The van der Waals surface area contributed by atoms with Crippen LogP contribution in [0.25, 0.3) is 0 Å². The summed E-state index contributed by atoms with van der Waals surface area (Å²) >= 11 is 0. The van der Waals surface area contributed by atoms with E-state index in [2.05, 4.69) is 57.8 Å². The molecule has 2 aromatic rings. The summed E-state index contributed by atoms with van der Waals surface area (Å²) in [5.41, 5.74) is 2.29. The molecule has 1 saturated heterocycles. The summed E-state index contributed by atoms with van der Waals surface area (Å²) in [6.07, 6.45) is 8.09. The highest BCUT2D eigenvalue weighted by Gasteiger charge is 2.21. The Morgan fingerprint density at radius 2 is 1.90 bits per heavy atom. The monoisotopic (exact) mass is 421 g/mol. The maximum Gasteiger partial charge on any atom is 0.191 e. The molecule has 2 N–H and O–H groups in total. The average molecular weight is 422 g/mol. The van der Waals surface area contributed by atoms with Crippen LogP contribution in [0.5, 0.6) is 5.75 Å². The Bertz CT molecular complexity index is 829. The summed E-state index contributed by atoms with van der Waals surface area (Å²) in [5.74, 6) is 1.87. The number of aliphatic imine (C=N–C) groups is 1. The minimum Gasteiger partial charge on any atom is -0.490 e. The molecular weight excluding hydrogens is 386 g/mol.